The summed E-state index contributed by atoms with van der Waals surface area (Å²) in [6, 6.07) is 6.54. The molecule has 0 saturated heterocycles. The number of benzene rings is 1. The molecule has 1 rings (SSSR count). The Morgan fingerprint density at radius 1 is 1.25 bits per heavy atom. The van der Waals surface area contributed by atoms with Crippen LogP contribution in [-0.4, -0.2) is 0 Å². The molecule has 2 N–H and O–H groups in total. The Hall–Kier alpha value is -0.820. The van der Waals surface area contributed by atoms with Crippen LogP contribution in [0.25, 0.3) is 0 Å². The highest BCUT2D eigenvalue weighted by molar-refractivity contribution is 5.31. The van der Waals surface area contributed by atoms with Gasteiger partial charge >= 0.3 is 0 Å². The second-order valence-electron chi connectivity index (χ2n) is 3.23. The summed E-state index contributed by atoms with van der Waals surface area (Å²) in [7, 11) is 0. The lowest BCUT2D eigenvalue weighted by atomic mass is 10.0. The third kappa shape index (κ3) is 2.08. The lowest BCUT2D eigenvalue weighted by molar-refractivity contribution is 0.891. The molecule has 1 heteroatoms. The monoisotopic (exact) mass is 163 g/mol. The molecule has 0 aromatic heterocycles. The highest BCUT2D eigenvalue weighted by Crippen LogP contribution is 2.12. The number of rotatable bonds is 3. The summed E-state index contributed by atoms with van der Waals surface area (Å²) in [6.45, 7) is 4.96. The van der Waals surface area contributed by atoms with Gasteiger partial charge in [-0.2, -0.15) is 0 Å². The van der Waals surface area contributed by atoms with Crippen LogP contribution in [0.15, 0.2) is 18.2 Å². The van der Waals surface area contributed by atoms with Gasteiger partial charge in [0.15, 0.2) is 0 Å². The van der Waals surface area contributed by atoms with Crippen LogP contribution in [0.5, 0.6) is 0 Å². The van der Waals surface area contributed by atoms with Crippen molar-refractivity contribution in [3.8, 4) is 0 Å². The summed E-state index contributed by atoms with van der Waals surface area (Å²) in [6.07, 6.45) is 2.34. The van der Waals surface area contributed by atoms with Crippen molar-refractivity contribution in [2.24, 2.45) is 5.73 Å². The molecule has 0 aliphatic carbocycles. The van der Waals surface area contributed by atoms with Crippen molar-refractivity contribution in [1.29, 1.82) is 0 Å². The maximum absolute atomic E-state index is 5.65. The quantitative estimate of drug-likeness (QED) is 0.727. The summed E-state index contributed by atoms with van der Waals surface area (Å²) in [4.78, 5) is 0. The third-order valence-electron chi connectivity index (χ3n) is 2.10. The van der Waals surface area contributed by atoms with Crippen LogP contribution < -0.4 is 5.73 Å². The fourth-order valence-electron chi connectivity index (χ4n) is 1.46. The van der Waals surface area contributed by atoms with Gasteiger partial charge in [-0.15, -0.1) is 0 Å². The Morgan fingerprint density at radius 2 is 2.00 bits per heavy atom. The zero-order valence-electron chi connectivity index (χ0n) is 7.93. The van der Waals surface area contributed by atoms with Crippen molar-refractivity contribution in [1.82, 2.24) is 0 Å². The summed E-state index contributed by atoms with van der Waals surface area (Å²) in [5.41, 5.74) is 9.66. The molecule has 1 aromatic rings. The van der Waals surface area contributed by atoms with Crippen molar-refractivity contribution in [2.45, 2.75) is 33.2 Å². The van der Waals surface area contributed by atoms with Crippen LogP contribution in [0, 0.1) is 6.92 Å². The molecule has 0 radical (unpaired) electrons. The van der Waals surface area contributed by atoms with E-state index in [9.17, 15) is 0 Å². The first-order valence-corrected chi connectivity index (χ1v) is 4.56. The lowest BCUT2D eigenvalue weighted by Crippen LogP contribution is -2.01. The van der Waals surface area contributed by atoms with E-state index in [-0.39, 0.29) is 0 Å². The number of aryl methyl sites for hydroxylation is 2. The largest absolute Gasteiger partial charge is 0.326 e. The van der Waals surface area contributed by atoms with Gasteiger partial charge in [-0.1, -0.05) is 37.1 Å². The van der Waals surface area contributed by atoms with Crippen LogP contribution in [-0.2, 0) is 13.0 Å². The van der Waals surface area contributed by atoms with Crippen molar-refractivity contribution in [3.63, 3.8) is 0 Å². The van der Waals surface area contributed by atoms with Gasteiger partial charge in [0.05, 0.1) is 0 Å². The Labute approximate surface area is 74.6 Å². The minimum atomic E-state index is 0.664. The Balaban J connectivity index is 2.94. The molecule has 1 nitrogen and oxygen atoms in total. The van der Waals surface area contributed by atoms with E-state index in [1.807, 2.05) is 0 Å². The van der Waals surface area contributed by atoms with E-state index in [1.54, 1.807) is 0 Å². The average Bonchev–Trinajstić information content (AvgIpc) is 2.08. The first kappa shape index (κ1) is 9.27. The minimum Gasteiger partial charge on any atom is -0.326 e. The van der Waals surface area contributed by atoms with Crippen molar-refractivity contribution < 1.29 is 0 Å². The Bertz CT molecular complexity index is 253. The smallest absolute Gasteiger partial charge is 0.0180 e. The summed E-state index contributed by atoms with van der Waals surface area (Å²) in [5.74, 6) is 0. The van der Waals surface area contributed by atoms with Gasteiger partial charge in [0, 0.05) is 6.54 Å². The van der Waals surface area contributed by atoms with Crippen LogP contribution in [0.2, 0.25) is 0 Å². The first-order valence-electron chi connectivity index (χ1n) is 4.56. The maximum Gasteiger partial charge on any atom is 0.0180 e. The molecule has 0 fully saturated rings. The summed E-state index contributed by atoms with van der Waals surface area (Å²) >= 11 is 0. The van der Waals surface area contributed by atoms with Gasteiger partial charge in [0.1, 0.15) is 0 Å². The lowest BCUT2D eigenvalue weighted by Gasteiger charge is -2.06. The molecule has 0 heterocycles. The van der Waals surface area contributed by atoms with Crippen LogP contribution >= 0.6 is 0 Å². The van der Waals surface area contributed by atoms with Gasteiger partial charge < -0.3 is 5.73 Å². The van der Waals surface area contributed by atoms with Gasteiger partial charge in [0.2, 0.25) is 0 Å². The molecule has 0 aliphatic heterocycles. The molecular weight excluding hydrogens is 146 g/mol. The molecular formula is C11H17N. The van der Waals surface area contributed by atoms with E-state index in [0.717, 1.165) is 6.42 Å². The predicted octanol–water partition coefficient (Wildman–Crippen LogP) is 2.41. The van der Waals surface area contributed by atoms with E-state index in [0.29, 0.717) is 6.54 Å². The predicted molar refractivity (Wildman–Crippen MR) is 53.1 cm³/mol. The normalized spacial score (nSPS) is 10.2. The van der Waals surface area contributed by atoms with Crippen LogP contribution in [0.1, 0.15) is 30.0 Å². The molecule has 12 heavy (non-hydrogen) atoms. The van der Waals surface area contributed by atoms with Gasteiger partial charge in [0.25, 0.3) is 0 Å². The standard InChI is InChI=1S/C11H17N/c1-3-4-10-6-5-9(2)7-11(10)8-12/h5-7H,3-4,8,12H2,1-2H3. The zero-order valence-corrected chi connectivity index (χ0v) is 7.93. The summed E-state index contributed by atoms with van der Waals surface area (Å²) in [5, 5.41) is 0. The number of hydrogen-bond donors (Lipinski definition) is 1. The van der Waals surface area contributed by atoms with Crippen molar-refractivity contribution in [2.75, 3.05) is 0 Å². The number of nitrogens with two attached hydrogens (primary N) is 1. The van der Waals surface area contributed by atoms with Gasteiger partial charge in [-0.25, -0.2) is 0 Å². The minimum absolute atomic E-state index is 0.664. The van der Waals surface area contributed by atoms with Crippen molar-refractivity contribution >= 4 is 0 Å². The number of hydrogen-bond acceptors (Lipinski definition) is 1. The molecule has 66 valence electrons. The van der Waals surface area contributed by atoms with Gasteiger partial charge in [-0.05, 0) is 24.5 Å². The topological polar surface area (TPSA) is 26.0 Å². The van der Waals surface area contributed by atoms with E-state index >= 15 is 0 Å². The summed E-state index contributed by atoms with van der Waals surface area (Å²) < 4.78 is 0. The molecule has 0 unspecified atom stereocenters. The maximum atomic E-state index is 5.65. The molecule has 0 aliphatic rings. The molecule has 1 aromatic carbocycles. The Morgan fingerprint density at radius 3 is 2.58 bits per heavy atom. The molecule has 0 atom stereocenters. The molecule has 0 spiro atoms. The average molecular weight is 163 g/mol. The Kier molecular flexibility index (Phi) is 3.30. The molecule has 0 bridgehead atoms. The molecule has 0 saturated carbocycles. The van der Waals surface area contributed by atoms with Crippen molar-refractivity contribution in [3.05, 3.63) is 34.9 Å². The van der Waals surface area contributed by atoms with E-state index < -0.39 is 0 Å². The van der Waals surface area contributed by atoms with Crippen LogP contribution in [0.4, 0.5) is 0 Å². The fourth-order valence-corrected chi connectivity index (χ4v) is 1.46. The highest BCUT2D eigenvalue weighted by atomic mass is 14.5. The van der Waals surface area contributed by atoms with E-state index in [4.69, 9.17) is 5.73 Å². The van der Waals surface area contributed by atoms with Crippen LogP contribution in [0.3, 0.4) is 0 Å². The van der Waals surface area contributed by atoms with Gasteiger partial charge in [-0.3, -0.25) is 0 Å². The van der Waals surface area contributed by atoms with E-state index in [2.05, 4.69) is 32.0 Å². The van der Waals surface area contributed by atoms with E-state index in [1.165, 1.54) is 23.1 Å². The zero-order chi connectivity index (χ0) is 8.97. The second-order valence-corrected chi connectivity index (χ2v) is 3.23. The third-order valence-corrected chi connectivity index (χ3v) is 2.10. The molecule has 0 amide bonds. The SMILES string of the molecule is CCCc1ccc(C)cc1CN. The fraction of sp³-hybridized carbons (Fsp3) is 0.455. The first-order chi connectivity index (χ1) is 5.77. The second kappa shape index (κ2) is 4.27. The highest BCUT2D eigenvalue weighted by Gasteiger charge is 1.99.